The van der Waals surface area contributed by atoms with Crippen molar-refractivity contribution in [3.05, 3.63) is 0 Å². The van der Waals surface area contributed by atoms with E-state index in [-0.39, 0.29) is 11.7 Å². The molecule has 2 rings (SSSR count). The lowest BCUT2D eigenvalue weighted by Gasteiger charge is -2.45. The van der Waals surface area contributed by atoms with E-state index in [0.717, 1.165) is 26.2 Å². The normalized spacial score (nSPS) is 33.8. The molecule has 0 aromatic heterocycles. The van der Waals surface area contributed by atoms with Crippen molar-refractivity contribution in [2.75, 3.05) is 33.2 Å². The maximum absolute atomic E-state index is 12.4. The van der Waals surface area contributed by atoms with E-state index in [0.29, 0.717) is 18.8 Å². The van der Waals surface area contributed by atoms with E-state index >= 15 is 0 Å². The lowest BCUT2D eigenvalue weighted by Crippen LogP contribution is -2.61. The van der Waals surface area contributed by atoms with Gasteiger partial charge in [0, 0.05) is 26.2 Å². The number of nitrogens with zero attached hydrogens (tertiary/aromatic N) is 3. The molecule has 4 N–H and O–H groups in total. The van der Waals surface area contributed by atoms with E-state index in [9.17, 15) is 4.79 Å². The summed E-state index contributed by atoms with van der Waals surface area (Å²) in [5, 5.41) is 13.8. The van der Waals surface area contributed by atoms with Gasteiger partial charge in [-0.1, -0.05) is 12.1 Å². The first-order chi connectivity index (χ1) is 8.98. The van der Waals surface area contributed by atoms with Crippen LogP contribution in [0.25, 0.3) is 0 Å². The van der Waals surface area contributed by atoms with Crippen molar-refractivity contribution in [1.82, 2.24) is 15.3 Å². The van der Waals surface area contributed by atoms with Gasteiger partial charge in [-0.3, -0.25) is 10.2 Å². The van der Waals surface area contributed by atoms with Gasteiger partial charge in [0.05, 0.1) is 0 Å². The zero-order chi connectivity index (χ0) is 14.0. The summed E-state index contributed by atoms with van der Waals surface area (Å²) < 4.78 is 0. The van der Waals surface area contributed by atoms with Gasteiger partial charge in [-0.2, -0.15) is 0 Å². The van der Waals surface area contributed by atoms with Crippen LogP contribution in [-0.2, 0) is 4.79 Å². The van der Waals surface area contributed by atoms with Gasteiger partial charge in [0.1, 0.15) is 5.41 Å². The van der Waals surface area contributed by atoms with Crippen LogP contribution in [0.4, 0.5) is 0 Å². The van der Waals surface area contributed by atoms with E-state index in [1.807, 2.05) is 5.01 Å². The largest absolute Gasteiger partial charge is 0.409 e. The number of amidine groups is 1. The van der Waals surface area contributed by atoms with Crippen LogP contribution in [0.2, 0.25) is 0 Å². The Bertz CT molecular complexity index is 370. The molecule has 1 saturated heterocycles. The molecule has 2 fully saturated rings. The molecule has 0 radical (unpaired) electrons. The van der Waals surface area contributed by atoms with Gasteiger partial charge >= 0.3 is 0 Å². The van der Waals surface area contributed by atoms with E-state index in [4.69, 9.17) is 10.9 Å². The number of piperazine rings is 1. The Labute approximate surface area is 113 Å². The maximum atomic E-state index is 12.4. The van der Waals surface area contributed by atoms with Gasteiger partial charge in [0.25, 0.3) is 0 Å². The summed E-state index contributed by atoms with van der Waals surface area (Å²) in [6.07, 6.45) is 1.28. The SMILES string of the molecule is CC1CC(C(=O)NN2CCN(C)CC2)(C(N)=NO)C1. The molecule has 1 aliphatic heterocycles. The topological polar surface area (TPSA) is 94.2 Å². The van der Waals surface area contributed by atoms with Crippen LogP contribution in [0, 0.1) is 11.3 Å². The number of carbonyl (C=O) groups excluding carboxylic acids is 1. The van der Waals surface area contributed by atoms with Crippen LogP contribution in [-0.4, -0.2) is 60.1 Å². The second-order valence-electron chi connectivity index (χ2n) is 5.81. The highest BCUT2D eigenvalue weighted by molar-refractivity contribution is 6.07. The lowest BCUT2D eigenvalue weighted by atomic mass is 9.61. The number of amides is 1. The van der Waals surface area contributed by atoms with Crippen LogP contribution in [0.1, 0.15) is 19.8 Å². The van der Waals surface area contributed by atoms with E-state index in [2.05, 4.69) is 29.5 Å². The summed E-state index contributed by atoms with van der Waals surface area (Å²) >= 11 is 0. The molecular formula is C12H23N5O2. The summed E-state index contributed by atoms with van der Waals surface area (Å²) in [6.45, 7) is 5.50. The Kier molecular flexibility index (Phi) is 3.96. The average molecular weight is 269 g/mol. The number of oxime groups is 1. The number of nitrogens with two attached hydrogens (primary N) is 1. The molecule has 0 spiro atoms. The first-order valence-electron chi connectivity index (χ1n) is 6.70. The Morgan fingerprint density at radius 1 is 1.37 bits per heavy atom. The molecule has 1 aliphatic carbocycles. The van der Waals surface area contributed by atoms with Crippen LogP contribution < -0.4 is 11.2 Å². The zero-order valence-electron chi connectivity index (χ0n) is 11.6. The zero-order valence-corrected chi connectivity index (χ0v) is 11.6. The van der Waals surface area contributed by atoms with Crippen molar-refractivity contribution in [3.63, 3.8) is 0 Å². The summed E-state index contributed by atoms with van der Waals surface area (Å²) in [4.78, 5) is 14.6. The highest BCUT2D eigenvalue weighted by Crippen LogP contribution is 2.45. The van der Waals surface area contributed by atoms with Crippen molar-refractivity contribution in [2.24, 2.45) is 22.2 Å². The standard InChI is InChI=1S/C12H23N5O2/c1-9-7-12(8-9,10(13)15-19)11(18)14-17-5-3-16(2)4-6-17/h9,19H,3-8H2,1-2H3,(H2,13,15)(H,14,18). The molecule has 1 amide bonds. The molecule has 0 atom stereocenters. The summed E-state index contributed by atoms with van der Waals surface area (Å²) in [6, 6.07) is 0. The Morgan fingerprint density at radius 2 is 1.95 bits per heavy atom. The van der Waals surface area contributed by atoms with Crippen molar-refractivity contribution in [3.8, 4) is 0 Å². The third-order valence-electron chi connectivity index (χ3n) is 4.19. The lowest BCUT2D eigenvalue weighted by molar-refractivity contribution is -0.139. The highest BCUT2D eigenvalue weighted by Gasteiger charge is 2.52. The molecule has 108 valence electrons. The van der Waals surface area contributed by atoms with Crippen LogP contribution in [0.5, 0.6) is 0 Å². The number of hydrazine groups is 1. The predicted octanol–water partition coefficient (Wildman–Crippen LogP) is -0.572. The van der Waals surface area contributed by atoms with E-state index in [1.165, 1.54) is 0 Å². The molecule has 0 aromatic carbocycles. The molecule has 1 saturated carbocycles. The van der Waals surface area contributed by atoms with Gasteiger partial charge in [0.2, 0.25) is 5.91 Å². The van der Waals surface area contributed by atoms with Gasteiger partial charge in [-0.15, -0.1) is 0 Å². The monoisotopic (exact) mass is 269 g/mol. The number of hydrogen-bond acceptors (Lipinski definition) is 5. The van der Waals surface area contributed by atoms with Gasteiger partial charge in [0.15, 0.2) is 5.84 Å². The third kappa shape index (κ3) is 2.66. The molecule has 0 bridgehead atoms. The van der Waals surface area contributed by atoms with Crippen molar-refractivity contribution < 1.29 is 10.0 Å². The van der Waals surface area contributed by atoms with Crippen molar-refractivity contribution >= 4 is 11.7 Å². The summed E-state index contributed by atoms with van der Waals surface area (Å²) in [5.74, 6) is 0.307. The Balaban J connectivity index is 1.98. The number of hydrogen-bond donors (Lipinski definition) is 3. The molecule has 2 aliphatic rings. The van der Waals surface area contributed by atoms with Crippen LogP contribution >= 0.6 is 0 Å². The molecule has 0 unspecified atom stereocenters. The number of likely N-dealkylation sites (N-methyl/N-ethyl adjacent to an activating group) is 1. The molecule has 7 heteroatoms. The first kappa shape index (κ1) is 14.1. The van der Waals surface area contributed by atoms with E-state index < -0.39 is 5.41 Å². The second-order valence-corrected chi connectivity index (χ2v) is 5.81. The smallest absolute Gasteiger partial charge is 0.248 e. The Morgan fingerprint density at radius 3 is 2.42 bits per heavy atom. The predicted molar refractivity (Wildman–Crippen MR) is 71.5 cm³/mol. The van der Waals surface area contributed by atoms with Crippen LogP contribution in [0.3, 0.4) is 0 Å². The quantitative estimate of drug-likeness (QED) is 0.276. The molecule has 0 aromatic rings. The fraction of sp³-hybridized carbons (Fsp3) is 0.833. The summed E-state index contributed by atoms with van der Waals surface area (Å²) in [7, 11) is 2.06. The van der Waals surface area contributed by atoms with Gasteiger partial charge in [-0.25, -0.2) is 5.01 Å². The fourth-order valence-corrected chi connectivity index (χ4v) is 2.91. The molecule has 1 heterocycles. The van der Waals surface area contributed by atoms with Gasteiger partial charge < -0.3 is 15.8 Å². The average Bonchev–Trinajstić information content (AvgIpc) is 2.36. The second kappa shape index (κ2) is 5.34. The number of carbonyl (C=O) groups is 1. The molecular weight excluding hydrogens is 246 g/mol. The fourth-order valence-electron chi connectivity index (χ4n) is 2.91. The first-order valence-corrected chi connectivity index (χ1v) is 6.70. The highest BCUT2D eigenvalue weighted by atomic mass is 16.4. The Hall–Kier alpha value is -1.34. The van der Waals surface area contributed by atoms with Gasteiger partial charge in [-0.05, 0) is 25.8 Å². The molecule has 19 heavy (non-hydrogen) atoms. The molecule has 7 nitrogen and oxygen atoms in total. The van der Waals surface area contributed by atoms with E-state index in [1.54, 1.807) is 0 Å². The van der Waals surface area contributed by atoms with Crippen molar-refractivity contribution in [2.45, 2.75) is 19.8 Å². The maximum Gasteiger partial charge on any atom is 0.248 e. The van der Waals surface area contributed by atoms with Crippen molar-refractivity contribution in [1.29, 1.82) is 0 Å². The minimum absolute atomic E-state index is 0.0252. The minimum Gasteiger partial charge on any atom is -0.409 e. The third-order valence-corrected chi connectivity index (χ3v) is 4.19. The van der Waals surface area contributed by atoms with Crippen LogP contribution in [0.15, 0.2) is 5.16 Å². The minimum atomic E-state index is -0.822. The number of nitrogens with one attached hydrogen (secondary N) is 1. The number of rotatable bonds is 3. The summed E-state index contributed by atoms with van der Waals surface area (Å²) in [5.41, 5.74) is 7.81.